The summed E-state index contributed by atoms with van der Waals surface area (Å²) in [7, 11) is 3.22. The van der Waals surface area contributed by atoms with Crippen molar-refractivity contribution in [2.24, 2.45) is 0 Å². The molecule has 24 heavy (non-hydrogen) atoms. The van der Waals surface area contributed by atoms with E-state index in [0.29, 0.717) is 29.1 Å². The second-order valence-electron chi connectivity index (χ2n) is 4.93. The summed E-state index contributed by atoms with van der Waals surface area (Å²) in [4.78, 5) is 0. The molecule has 0 spiro atoms. The third-order valence-corrected chi connectivity index (χ3v) is 3.63. The Morgan fingerprint density at radius 1 is 1.04 bits per heavy atom. The van der Waals surface area contributed by atoms with Crippen molar-refractivity contribution in [2.45, 2.75) is 6.54 Å². The molecule has 124 valence electrons. The molecular formula is C17H16ClN3O3. The molecule has 0 amide bonds. The Balaban J connectivity index is 1.71. The van der Waals surface area contributed by atoms with Crippen molar-refractivity contribution in [1.82, 2.24) is 10.2 Å². The topological polar surface area (TPSA) is 69.4 Å². The van der Waals surface area contributed by atoms with Crippen molar-refractivity contribution in [3.63, 3.8) is 0 Å². The van der Waals surface area contributed by atoms with E-state index >= 15 is 0 Å². The summed E-state index contributed by atoms with van der Waals surface area (Å²) in [5.74, 6) is 2.37. The molecule has 0 saturated carbocycles. The quantitative estimate of drug-likeness (QED) is 0.727. The minimum absolute atomic E-state index is 0.361. The third-order valence-electron chi connectivity index (χ3n) is 3.40. The van der Waals surface area contributed by atoms with E-state index in [1.54, 1.807) is 32.4 Å². The van der Waals surface area contributed by atoms with Crippen LogP contribution in [-0.4, -0.2) is 24.4 Å². The predicted octanol–water partition coefficient (Wildman–Crippen LogP) is 4.02. The molecule has 2 aromatic carbocycles. The highest BCUT2D eigenvalue weighted by atomic mass is 35.5. The van der Waals surface area contributed by atoms with E-state index in [4.69, 9.17) is 25.5 Å². The fraction of sp³-hybridized carbons (Fsp3) is 0.176. The zero-order chi connectivity index (χ0) is 16.9. The van der Waals surface area contributed by atoms with Crippen LogP contribution in [0.25, 0.3) is 11.5 Å². The first-order valence-electron chi connectivity index (χ1n) is 7.24. The molecule has 0 radical (unpaired) electrons. The number of nitrogens with one attached hydrogen (secondary N) is 1. The maximum atomic E-state index is 6.01. The van der Waals surface area contributed by atoms with E-state index in [9.17, 15) is 0 Å². The molecular weight excluding hydrogens is 330 g/mol. The van der Waals surface area contributed by atoms with Crippen LogP contribution in [-0.2, 0) is 6.54 Å². The molecule has 1 aromatic heterocycles. The number of hydrogen-bond donors (Lipinski definition) is 1. The van der Waals surface area contributed by atoms with Gasteiger partial charge in [-0.25, -0.2) is 0 Å². The Bertz CT molecular complexity index is 818. The Hall–Kier alpha value is -2.73. The summed E-state index contributed by atoms with van der Waals surface area (Å²) in [5.41, 5.74) is 1.59. The number of ether oxygens (including phenoxy) is 2. The normalized spacial score (nSPS) is 10.5. The molecule has 3 rings (SSSR count). The maximum Gasteiger partial charge on any atom is 0.247 e. The van der Waals surface area contributed by atoms with Crippen LogP contribution < -0.4 is 14.8 Å². The van der Waals surface area contributed by atoms with Crippen LogP contribution in [0.15, 0.2) is 46.9 Å². The highest BCUT2D eigenvalue weighted by molar-refractivity contribution is 6.30. The average Bonchev–Trinajstić information content (AvgIpc) is 3.09. The molecule has 6 nitrogen and oxygen atoms in total. The van der Waals surface area contributed by atoms with Gasteiger partial charge in [0.05, 0.1) is 26.5 Å². The van der Waals surface area contributed by atoms with Gasteiger partial charge in [0.2, 0.25) is 11.8 Å². The van der Waals surface area contributed by atoms with Gasteiger partial charge >= 0.3 is 0 Å². The van der Waals surface area contributed by atoms with Gasteiger partial charge in [0.1, 0.15) is 11.5 Å². The van der Waals surface area contributed by atoms with Gasteiger partial charge in [0.15, 0.2) is 0 Å². The fourth-order valence-electron chi connectivity index (χ4n) is 2.16. The van der Waals surface area contributed by atoms with Gasteiger partial charge in [-0.05, 0) is 42.5 Å². The molecule has 3 aromatic rings. The molecule has 0 fully saturated rings. The Labute approximate surface area is 144 Å². The van der Waals surface area contributed by atoms with Gasteiger partial charge < -0.3 is 19.2 Å². The lowest BCUT2D eigenvalue weighted by Crippen LogP contribution is -2.01. The van der Waals surface area contributed by atoms with E-state index in [1.165, 1.54) is 0 Å². The lowest BCUT2D eigenvalue weighted by atomic mass is 10.2. The van der Waals surface area contributed by atoms with Gasteiger partial charge in [-0.15, -0.1) is 10.2 Å². The number of benzene rings is 2. The summed E-state index contributed by atoms with van der Waals surface area (Å²) in [5, 5.41) is 11.9. The lowest BCUT2D eigenvalue weighted by Gasteiger charge is -2.09. The van der Waals surface area contributed by atoms with E-state index < -0.39 is 0 Å². The Morgan fingerprint density at radius 2 is 1.83 bits per heavy atom. The molecule has 0 bridgehead atoms. The highest BCUT2D eigenvalue weighted by Crippen LogP contribution is 2.28. The molecule has 0 aliphatic rings. The number of nitrogens with zero attached hydrogens (tertiary/aromatic N) is 2. The van der Waals surface area contributed by atoms with Crippen molar-refractivity contribution in [2.75, 3.05) is 19.5 Å². The second-order valence-corrected chi connectivity index (χ2v) is 5.36. The van der Waals surface area contributed by atoms with Crippen molar-refractivity contribution >= 4 is 17.3 Å². The minimum atomic E-state index is 0.361. The molecule has 0 atom stereocenters. The van der Waals surface area contributed by atoms with E-state index in [1.807, 2.05) is 24.3 Å². The van der Waals surface area contributed by atoms with Gasteiger partial charge in [0, 0.05) is 10.6 Å². The average molecular weight is 346 g/mol. The molecule has 0 aliphatic carbocycles. The standard InChI is InChI=1S/C17H16ClN3O3/c1-22-13-6-3-11(4-7-13)17-21-20-16(24-17)10-19-14-9-12(18)5-8-15(14)23-2/h3-9,19H,10H2,1-2H3. The fourth-order valence-corrected chi connectivity index (χ4v) is 2.34. The van der Waals surface area contributed by atoms with Crippen LogP contribution in [0.2, 0.25) is 5.02 Å². The van der Waals surface area contributed by atoms with Gasteiger partial charge in [-0.2, -0.15) is 0 Å². The molecule has 0 aliphatic heterocycles. The van der Waals surface area contributed by atoms with Crippen LogP contribution in [0.3, 0.4) is 0 Å². The number of hydrogen-bond acceptors (Lipinski definition) is 6. The van der Waals surface area contributed by atoms with Crippen molar-refractivity contribution in [3.05, 3.63) is 53.4 Å². The molecule has 0 unspecified atom stereocenters. The summed E-state index contributed by atoms with van der Waals surface area (Å²) in [6.07, 6.45) is 0. The number of halogens is 1. The van der Waals surface area contributed by atoms with Crippen molar-refractivity contribution in [3.8, 4) is 23.0 Å². The first-order valence-corrected chi connectivity index (χ1v) is 7.61. The van der Waals surface area contributed by atoms with E-state index in [-0.39, 0.29) is 0 Å². The van der Waals surface area contributed by atoms with Gasteiger partial charge in [-0.3, -0.25) is 0 Å². The van der Waals surface area contributed by atoms with E-state index in [0.717, 1.165) is 17.0 Å². The summed E-state index contributed by atoms with van der Waals surface area (Å²) in [6.45, 7) is 0.361. The van der Waals surface area contributed by atoms with Gasteiger partial charge in [-0.1, -0.05) is 11.6 Å². The lowest BCUT2D eigenvalue weighted by molar-refractivity contribution is 0.415. The Morgan fingerprint density at radius 3 is 2.54 bits per heavy atom. The molecule has 0 saturated heterocycles. The molecule has 1 N–H and O–H groups in total. The van der Waals surface area contributed by atoms with Gasteiger partial charge in [0.25, 0.3) is 0 Å². The zero-order valence-electron chi connectivity index (χ0n) is 13.2. The van der Waals surface area contributed by atoms with Crippen molar-refractivity contribution in [1.29, 1.82) is 0 Å². The first kappa shape index (κ1) is 16.1. The third kappa shape index (κ3) is 3.60. The monoisotopic (exact) mass is 345 g/mol. The summed E-state index contributed by atoms with van der Waals surface area (Å²) < 4.78 is 16.1. The van der Waals surface area contributed by atoms with Crippen LogP contribution >= 0.6 is 11.6 Å². The largest absolute Gasteiger partial charge is 0.497 e. The second kappa shape index (κ2) is 7.23. The number of rotatable bonds is 6. The first-order chi connectivity index (χ1) is 11.7. The Kier molecular flexibility index (Phi) is 4.86. The minimum Gasteiger partial charge on any atom is -0.497 e. The van der Waals surface area contributed by atoms with E-state index in [2.05, 4.69) is 15.5 Å². The maximum absolute atomic E-state index is 6.01. The molecule has 7 heteroatoms. The van der Waals surface area contributed by atoms with Crippen LogP contribution in [0, 0.1) is 0 Å². The zero-order valence-corrected chi connectivity index (χ0v) is 14.0. The number of methoxy groups -OCH3 is 2. The van der Waals surface area contributed by atoms with Crippen LogP contribution in [0.4, 0.5) is 5.69 Å². The molecule has 1 heterocycles. The van der Waals surface area contributed by atoms with Crippen LogP contribution in [0.5, 0.6) is 11.5 Å². The van der Waals surface area contributed by atoms with Crippen molar-refractivity contribution < 1.29 is 13.9 Å². The van der Waals surface area contributed by atoms with Crippen LogP contribution in [0.1, 0.15) is 5.89 Å². The SMILES string of the molecule is COc1ccc(-c2nnc(CNc3cc(Cl)ccc3OC)o2)cc1. The number of anilines is 1. The summed E-state index contributed by atoms with van der Waals surface area (Å²) in [6, 6.07) is 12.7. The number of aromatic nitrogens is 2. The smallest absolute Gasteiger partial charge is 0.247 e. The summed E-state index contributed by atoms with van der Waals surface area (Å²) >= 11 is 6.01. The highest BCUT2D eigenvalue weighted by Gasteiger charge is 2.10. The predicted molar refractivity (Wildman–Crippen MR) is 91.6 cm³/mol.